The molecule has 3 atom stereocenters. The quantitative estimate of drug-likeness (QED) is 0.863. The largest absolute Gasteiger partial charge is 0.451 e. The van der Waals surface area contributed by atoms with E-state index in [1.165, 1.54) is 24.9 Å². The average molecular weight is 256 g/mol. The van der Waals surface area contributed by atoms with Gasteiger partial charge in [-0.15, -0.1) is 0 Å². The van der Waals surface area contributed by atoms with Crippen LogP contribution in [0.4, 0.5) is 0 Å². The van der Waals surface area contributed by atoms with E-state index in [1.54, 1.807) is 6.07 Å². The second-order valence-corrected chi connectivity index (χ2v) is 5.73. The van der Waals surface area contributed by atoms with Gasteiger partial charge in [0, 0.05) is 11.4 Å². The van der Waals surface area contributed by atoms with Gasteiger partial charge in [-0.3, -0.25) is 4.79 Å². The van der Waals surface area contributed by atoms with Crippen molar-refractivity contribution in [2.24, 2.45) is 11.7 Å². The summed E-state index contributed by atoms with van der Waals surface area (Å²) in [5.41, 5.74) is 7.31. The molecule has 3 N–H and O–H groups in total. The minimum Gasteiger partial charge on any atom is -0.451 e. The van der Waals surface area contributed by atoms with Crippen LogP contribution in [0.15, 0.2) is 28.7 Å². The fourth-order valence-corrected chi connectivity index (χ4v) is 3.64. The lowest BCUT2D eigenvalue weighted by Gasteiger charge is -2.23. The number of hydrogen-bond donors (Lipinski definition) is 2. The number of fused-ring (bicyclic) bond motifs is 3. The molecule has 2 fully saturated rings. The van der Waals surface area contributed by atoms with Crippen LogP contribution >= 0.6 is 0 Å². The van der Waals surface area contributed by atoms with Crippen molar-refractivity contribution in [3.05, 3.63) is 35.6 Å². The van der Waals surface area contributed by atoms with E-state index in [4.69, 9.17) is 10.2 Å². The zero-order valence-electron chi connectivity index (χ0n) is 10.6. The van der Waals surface area contributed by atoms with Crippen LogP contribution in [0, 0.1) is 5.92 Å². The lowest BCUT2D eigenvalue weighted by atomic mass is 9.91. The molecule has 1 aromatic heterocycles. The summed E-state index contributed by atoms with van der Waals surface area (Å²) < 4.78 is 5.42. The Morgan fingerprint density at radius 1 is 1.32 bits per heavy atom. The third-order valence-electron chi connectivity index (χ3n) is 4.54. The number of benzene rings is 1. The zero-order valence-corrected chi connectivity index (χ0v) is 10.6. The minimum atomic E-state index is -0.515. The van der Waals surface area contributed by atoms with Crippen molar-refractivity contribution in [3.63, 3.8) is 0 Å². The zero-order chi connectivity index (χ0) is 13.0. The Labute approximate surface area is 111 Å². The SMILES string of the molecule is NC(=O)c1cc2cc(C3CC4CNC3C4)ccc2o1. The molecule has 4 rings (SSSR count). The molecule has 1 aliphatic carbocycles. The van der Waals surface area contributed by atoms with E-state index >= 15 is 0 Å². The summed E-state index contributed by atoms with van der Waals surface area (Å²) in [5, 5.41) is 4.55. The molecule has 19 heavy (non-hydrogen) atoms. The number of hydrogen-bond acceptors (Lipinski definition) is 3. The molecule has 0 spiro atoms. The summed E-state index contributed by atoms with van der Waals surface area (Å²) in [6.07, 6.45) is 2.56. The number of rotatable bonds is 2. The molecule has 98 valence electrons. The van der Waals surface area contributed by atoms with Gasteiger partial charge < -0.3 is 15.5 Å². The van der Waals surface area contributed by atoms with Crippen LogP contribution < -0.4 is 11.1 Å². The van der Waals surface area contributed by atoms with E-state index in [1.807, 2.05) is 6.07 Å². The Balaban J connectivity index is 1.73. The highest BCUT2D eigenvalue weighted by Crippen LogP contribution is 2.42. The summed E-state index contributed by atoms with van der Waals surface area (Å²) in [7, 11) is 0. The second-order valence-electron chi connectivity index (χ2n) is 5.73. The Hall–Kier alpha value is -1.81. The first-order valence-corrected chi connectivity index (χ1v) is 6.77. The van der Waals surface area contributed by atoms with Gasteiger partial charge in [-0.2, -0.15) is 0 Å². The summed E-state index contributed by atoms with van der Waals surface area (Å²) >= 11 is 0. The molecule has 0 radical (unpaired) electrons. The minimum absolute atomic E-state index is 0.234. The van der Waals surface area contributed by atoms with Crippen molar-refractivity contribution in [2.45, 2.75) is 24.8 Å². The van der Waals surface area contributed by atoms with Gasteiger partial charge in [0.05, 0.1) is 0 Å². The fourth-order valence-electron chi connectivity index (χ4n) is 3.64. The first-order chi connectivity index (χ1) is 9.20. The van der Waals surface area contributed by atoms with E-state index in [-0.39, 0.29) is 5.76 Å². The van der Waals surface area contributed by atoms with Gasteiger partial charge in [-0.25, -0.2) is 0 Å². The molecular formula is C15H16N2O2. The first-order valence-electron chi connectivity index (χ1n) is 6.77. The van der Waals surface area contributed by atoms with Crippen LogP contribution in [0.3, 0.4) is 0 Å². The van der Waals surface area contributed by atoms with Gasteiger partial charge in [0.1, 0.15) is 5.58 Å². The van der Waals surface area contributed by atoms with Crippen LogP contribution in [0.25, 0.3) is 11.0 Å². The number of primary amides is 1. The van der Waals surface area contributed by atoms with Gasteiger partial charge in [-0.05, 0) is 55.0 Å². The van der Waals surface area contributed by atoms with Crippen LogP contribution in [-0.4, -0.2) is 18.5 Å². The number of furan rings is 1. The van der Waals surface area contributed by atoms with Gasteiger partial charge in [0.25, 0.3) is 5.91 Å². The number of nitrogens with two attached hydrogens (primary N) is 1. The van der Waals surface area contributed by atoms with E-state index in [2.05, 4.69) is 17.4 Å². The molecule has 2 aliphatic rings. The van der Waals surface area contributed by atoms with E-state index in [0.717, 1.165) is 16.9 Å². The lowest BCUT2D eigenvalue weighted by Crippen LogP contribution is -2.31. The van der Waals surface area contributed by atoms with Crippen LogP contribution in [0.5, 0.6) is 0 Å². The highest BCUT2D eigenvalue weighted by atomic mass is 16.3. The molecule has 4 heteroatoms. The van der Waals surface area contributed by atoms with Crippen molar-refractivity contribution in [2.75, 3.05) is 6.54 Å². The predicted octanol–water partition coefficient (Wildman–Crippen LogP) is 2.00. The van der Waals surface area contributed by atoms with Crippen LogP contribution in [0.2, 0.25) is 0 Å². The molecule has 1 saturated heterocycles. The highest BCUT2D eigenvalue weighted by molar-refractivity contribution is 5.95. The van der Waals surface area contributed by atoms with Crippen molar-refractivity contribution in [1.82, 2.24) is 5.32 Å². The molecule has 3 unspecified atom stereocenters. The number of amides is 1. The van der Waals surface area contributed by atoms with Gasteiger partial charge in [0.2, 0.25) is 0 Å². The average Bonchev–Trinajstić information content (AvgIpc) is 3.11. The van der Waals surface area contributed by atoms with Crippen molar-refractivity contribution >= 4 is 16.9 Å². The Morgan fingerprint density at radius 2 is 2.21 bits per heavy atom. The second kappa shape index (κ2) is 3.84. The third kappa shape index (κ3) is 1.67. The molecular weight excluding hydrogens is 240 g/mol. The normalized spacial score (nSPS) is 29.2. The maximum absolute atomic E-state index is 11.1. The summed E-state index contributed by atoms with van der Waals surface area (Å²) in [4.78, 5) is 11.1. The molecule has 1 amide bonds. The molecule has 2 bridgehead atoms. The van der Waals surface area contributed by atoms with Crippen molar-refractivity contribution < 1.29 is 9.21 Å². The Kier molecular flexibility index (Phi) is 2.23. The smallest absolute Gasteiger partial charge is 0.284 e. The van der Waals surface area contributed by atoms with Crippen molar-refractivity contribution in [1.29, 1.82) is 0 Å². The van der Waals surface area contributed by atoms with E-state index < -0.39 is 5.91 Å². The number of piperidine rings is 1. The number of carbonyl (C=O) groups excluding carboxylic acids is 1. The van der Waals surface area contributed by atoms with Crippen molar-refractivity contribution in [3.8, 4) is 0 Å². The number of carbonyl (C=O) groups is 1. The van der Waals surface area contributed by atoms with Gasteiger partial charge in [-0.1, -0.05) is 6.07 Å². The summed E-state index contributed by atoms with van der Waals surface area (Å²) in [6, 6.07) is 8.55. The summed E-state index contributed by atoms with van der Waals surface area (Å²) in [5.74, 6) is 1.14. The van der Waals surface area contributed by atoms with E-state index in [0.29, 0.717) is 12.0 Å². The third-order valence-corrected chi connectivity index (χ3v) is 4.54. The maximum Gasteiger partial charge on any atom is 0.284 e. The monoisotopic (exact) mass is 256 g/mol. The number of nitrogens with one attached hydrogen (secondary N) is 1. The first kappa shape index (κ1) is 11.1. The molecule has 1 aromatic carbocycles. The molecule has 1 saturated carbocycles. The highest BCUT2D eigenvalue weighted by Gasteiger charge is 2.39. The van der Waals surface area contributed by atoms with E-state index in [9.17, 15) is 4.79 Å². The Morgan fingerprint density at radius 3 is 2.89 bits per heavy atom. The topological polar surface area (TPSA) is 68.3 Å². The molecule has 2 heterocycles. The van der Waals surface area contributed by atoms with Crippen LogP contribution in [0.1, 0.15) is 34.9 Å². The fraction of sp³-hybridized carbons (Fsp3) is 0.400. The Bertz CT molecular complexity index is 661. The van der Waals surface area contributed by atoms with Crippen LogP contribution in [-0.2, 0) is 0 Å². The molecule has 1 aliphatic heterocycles. The predicted molar refractivity (Wildman–Crippen MR) is 72.0 cm³/mol. The molecule has 2 aromatic rings. The molecule has 4 nitrogen and oxygen atoms in total. The van der Waals surface area contributed by atoms with Gasteiger partial charge in [0.15, 0.2) is 5.76 Å². The summed E-state index contributed by atoms with van der Waals surface area (Å²) in [6.45, 7) is 1.17. The maximum atomic E-state index is 11.1. The standard InChI is InChI=1S/C15H16N2O2/c16-15(18)14-6-10-5-9(1-2-13(10)19-14)11-3-8-4-12(11)17-7-8/h1-2,5-6,8,11-12,17H,3-4,7H2,(H2,16,18). The van der Waals surface area contributed by atoms with Gasteiger partial charge >= 0.3 is 0 Å². The lowest BCUT2D eigenvalue weighted by molar-refractivity contribution is 0.0976.